The normalized spacial score (nSPS) is 17.0. The van der Waals surface area contributed by atoms with Crippen LogP contribution >= 0.6 is 0 Å². The first-order chi connectivity index (χ1) is 15.5. The van der Waals surface area contributed by atoms with Crippen molar-refractivity contribution < 1.29 is 4.74 Å². The molecular formula is C25H22N6O. The zero-order chi connectivity index (χ0) is 22.3. The molecule has 5 rings (SSSR count). The molecule has 3 heterocycles. The van der Waals surface area contributed by atoms with Crippen LogP contribution in [-0.4, -0.2) is 32.9 Å². The second kappa shape index (κ2) is 7.53. The summed E-state index contributed by atoms with van der Waals surface area (Å²) in [6, 6.07) is 12.3. The first-order valence-electron chi connectivity index (χ1n) is 10.2. The summed E-state index contributed by atoms with van der Waals surface area (Å²) in [5, 5.41) is 0. The van der Waals surface area contributed by atoms with Crippen molar-refractivity contribution in [3.63, 3.8) is 0 Å². The lowest BCUT2D eigenvalue weighted by Gasteiger charge is -2.29. The van der Waals surface area contributed by atoms with E-state index in [1.54, 1.807) is 31.9 Å². The summed E-state index contributed by atoms with van der Waals surface area (Å²) < 4.78 is 5.60. The average Bonchev–Trinajstić information content (AvgIpc) is 3.13. The van der Waals surface area contributed by atoms with Crippen LogP contribution in [0.2, 0.25) is 0 Å². The van der Waals surface area contributed by atoms with Gasteiger partial charge in [0.05, 0.1) is 7.11 Å². The van der Waals surface area contributed by atoms with Gasteiger partial charge in [-0.2, -0.15) is 0 Å². The Morgan fingerprint density at radius 3 is 2.31 bits per heavy atom. The number of amidine groups is 1. The molecule has 32 heavy (non-hydrogen) atoms. The van der Waals surface area contributed by atoms with Crippen molar-refractivity contribution in [1.29, 1.82) is 0 Å². The summed E-state index contributed by atoms with van der Waals surface area (Å²) in [4.78, 5) is 22.5. The highest BCUT2D eigenvalue weighted by atomic mass is 16.5. The van der Waals surface area contributed by atoms with Gasteiger partial charge in [0.25, 0.3) is 0 Å². The molecule has 4 aromatic rings. The fourth-order valence-corrected chi connectivity index (χ4v) is 4.50. The Kier molecular flexibility index (Phi) is 4.66. The van der Waals surface area contributed by atoms with Crippen LogP contribution in [0.5, 0.6) is 5.75 Å². The van der Waals surface area contributed by atoms with E-state index < -0.39 is 5.54 Å². The van der Waals surface area contributed by atoms with E-state index in [4.69, 9.17) is 20.4 Å². The number of hydrogen-bond donors (Lipinski definition) is 1. The van der Waals surface area contributed by atoms with Gasteiger partial charge in [0.15, 0.2) is 5.54 Å². The van der Waals surface area contributed by atoms with Gasteiger partial charge in [-0.3, -0.25) is 4.98 Å². The summed E-state index contributed by atoms with van der Waals surface area (Å²) >= 11 is 0. The fourth-order valence-electron chi connectivity index (χ4n) is 4.50. The molecule has 1 aliphatic rings. The highest BCUT2D eigenvalue weighted by Gasteiger charge is 2.45. The second-order valence-corrected chi connectivity index (χ2v) is 7.81. The Labute approximate surface area is 186 Å². The summed E-state index contributed by atoms with van der Waals surface area (Å²) in [6.07, 6.45) is 8.42. The summed E-state index contributed by atoms with van der Waals surface area (Å²) in [6.45, 7) is 4.06. The number of ether oxygens (including phenoxy) is 1. The average molecular weight is 422 g/mol. The predicted octanol–water partition coefficient (Wildman–Crippen LogP) is 3.57. The van der Waals surface area contributed by atoms with Crippen LogP contribution in [-0.2, 0) is 5.54 Å². The van der Waals surface area contributed by atoms with Gasteiger partial charge >= 0.3 is 0 Å². The van der Waals surface area contributed by atoms with E-state index in [-0.39, 0.29) is 0 Å². The van der Waals surface area contributed by atoms with Crippen molar-refractivity contribution in [2.75, 3.05) is 7.11 Å². The van der Waals surface area contributed by atoms with E-state index in [1.165, 1.54) is 6.33 Å². The van der Waals surface area contributed by atoms with E-state index in [0.717, 1.165) is 39.1 Å². The summed E-state index contributed by atoms with van der Waals surface area (Å²) in [7, 11) is 1.68. The Morgan fingerprint density at radius 1 is 0.875 bits per heavy atom. The van der Waals surface area contributed by atoms with Gasteiger partial charge in [0, 0.05) is 30.4 Å². The number of fused-ring (bicyclic) bond motifs is 1. The molecular weight excluding hydrogens is 400 g/mol. The molecule has 0 amide bonds. The van der Waals surface area contributed by atoms with Crippen LogP contribution < -0.4 is 10.5 Å². The lowest BCUT2D eigenvalue weighted by atomic mass is 9.79. The number of nitrogens with zero attached hydrogens (tertiary/aromatic N) is 5. The van der Waals surface area contributed by atoms with Crippen LogP contribution in [0.25, 0.3) is 11.1 Å². The van der Waals surface area contributed by atoms with E-state index in [9.17, 15) is 0 Å². The predicted molar refractivity (Wildman–Crippen MR) is 123 cm³/mol. The third-order valence-corrected chi connectivity index (χ3v) is 5.83. The maximum atomic E-state index is 6.38. The zero-order valence-electron chi connectivity index (χ0n) is 18.1. The largest absolute Gasteiger partial charge is 0.496 e. The van der Waals surface area contributed by atoms with Crippen molar-refractivity contribution >= 4 is 5.84 Å². The Balaban J connectivity index is 1.82. The molecule has 7 heteroatoms. The van der Waals surface area contributed by atoms with Gasteiger partial charge < -0.3 is 10.5 Å². The van der Waals surface area contributed by atoms with Gasteiger partial charge in [-0.25, -0.2) is 19.9 Å². The van der Waals surface area contributed by atoms with E-state index in [0.29, 0.717) is 17.2 Å². The second-order valence-electron chi connectivity index (χ2n) is 7.81. The van der Waals surface area contributed by atoms with E-state index in [1.807, 2.05) is 32.0 Å². The highest BCUT2D eigenvalue weighted by molar-refractivity contribution is 6.01. The molecule has 2 aromatic carbocycles. The Hall–Kier alpha value is -4.13. The molecule has 158 valence electrons. The lowest BCUT2D eigenvalue weighted by Crippen LogP contribution is -2.27. The molecule has 0 saturated heterocycles. The zero-order valence-corrected chi connectivity index (χ0v) is 18.1. The monoisotopic (exact) mass is 422 g/mol. The topological polar surface area (TPSA) is 99.2 Å². The number of benzene rings is 2. The molecule has 0 bridgehead atoms. The standard InChI is InChI=1S/C25H22N6O/c1-15-9-20(10-16(2)22(15)32-3)25(23-21(24(26)31-25)29-7-8-30-23)19-6-4-5-17(11-19)18-12-27-14-28-13-18/h4-14H,1-3H3,(H2,26,31)/t25-/m0/s1. The minimum absolute atomic E-state index is 0.368. The van der Waals surface area contributed by atoms with Crippen molar-refractivity contribution in [2.45, 2.75) is 19.4 Å². The summed E-state index contributed by atoms with van der Waals surface area (Å²) in [5.74, 6) is 1.22. The minimum atomic E-state index is -0.929. The smallest absolute Gasteiger partial charge is 0.157 e. The quantitative estimate of drug-likeness (QED) is 0.540. The van der Waals surface area contributed by atoms with Crippen LogP contribution in [0.4, 0.5) is 0 Å². The first-order valence-corrected chi connectivity index (χ1v) is 10.2. The molecule has 1 atom stereocenters. The van der Waals surface area contributed by atoms with Crippen molar-refractivity contribution in [2.24, 2.45) is 10.7 Å². The number of aryl methyl sites for hydroxylation is 2. The van der Waals surface area contributed by atoms with Gasteiger partial charge in [-0.15, -0.1) is 0 Å². The SMILES string of the molecule is COc1c(C)cc([C@]2(c3cccc(-c4cncnc4)c3)N=C(N)c3nccnc32)cc1C. The fraction of sp³-hybridized carbons (Fsp3) is 0.160. The lowest BCUT2D eigenvalue weighted by molar-refractivity contribution is 0.408. The van der Waals surface area contributed by atoms with Crippen molar-refractivity contribution in [3.05, 3.63) is 101 Å². The molecule has 0 radical (unpaired) electrons. The number of aromatic nitrogens is 4. The first kappa shape index (κ1) is 19.8. The summed E-state index contributed by atoms with van der Waals surface area (Å²) in [5.41, 5.74) is 12.6. The number of methoxy groups -OCH3 is 1. The molecule has 1 aliphatic heterocycles. The van der Waals surface area contributed by atoms with Gasteiger partial charge in [0.2, 0.25) is 0 Å². The maximum absolute atomic E-state index is 6.38. The number of nitrogens with two attached hydrogens (primary N) is 1. The highest BCUT2D eigenvalue weighted by Crippen LogP contribution is 2.46. The molecule has 2 aromatic heterocycles. The van der Waals surface area contributed by atoms with Crippen LogP contribution in [0.1, 0.15) is 33.6 Å². The molecule has 0 fully saturated rings. The van der Waals surface area contributed by atoms with Crippen LogP contribution in [0.3, 0.4) is 0 Å². The maximum Gasteiger partial charge on any atom is 0.157 e. The van der Waals surface area contributed by atoms with E-state index >= 15 is 0 Å². The van der Waals surface area contributed by atoms with Gasteiger partial charge in [-0.1, -0.05) is 18.2 Å². The molecule has 0 saturated carbocycles. The molecule has 2 N–H and O–H groups in total. The third-order valence-electron chi connectivity index (χ3n) is 5.83. The van der Waals surface area contributed by atoms with Crippen LogP contribution in [0.15, 0.2) is 72.5 Å². The van der Waals surface area contributed by atoms with Gasteiger partial charge in [-0.05, 0) is 59.9 Å². The third kappa shape index (κ3) is 2.93. The van der Waals surface area contributed by atoms with Gasteiger partial charge in [0.1, 0.15) is 29.3 Å². The Bertz CT molecular complexity index is 1330. The minimum Gasteiger partial charge on any atom is -0.496 e. The van der Waals surface area contributed by atoms with Crippen molar-refractivity contribution in [3.8, 4) is 16.9 Å². The number of rotatable bonds is 4. The molecule has 0 spiro atoms. The number of aliphatic imine (C=N–C) groups is 1. The molecule has 0 aliphatic carbocycles. The molecule has 0 unspecified atom stereocenters. The van der Waals surface area contributed by atoms with Crippen LogP contribution in [0, 0.1) is 13.8 Å². The van der Waals surface area contributed by atoms with Crippen molar-refractivity contribution in [1.82, 2.24) is 19.9 Å². The Morgan fingerprint density at radius 2 is 1.59 bits per heavy atom. The molecule has 7 nitrogen and oxygen atoms in total. The number of hydrogen-bond acceptors (Lipinski definition) is 7. The van der Waals surface area contributed by atoms with E-state index in [2.05, 4.69) is 33.2 Å².